The molecule has 4 heteroatoms. The first-order chi connectivity index (χ1) is 7.65. The van der Waals surface area contributed by atoms with Crippen LogP contribution in [0.3, 0.4) is 0 Å². The Balaban J connectivity index is 2.28. The van der Waals surface area contributed by atoms with Crippen LogP contribution < -0.4 is 10.5 Å². The molecule has 0 amide bonds. The maximum atomic E-state index is 6.44. The highest BCUT2D eigenvalue weighted by molar-refractivity contribution is 5.26. The minimum atomic E-state index is -0.355. The number of methoxy groups -OCH3 is 1. The summed E-state index contributed by atoms with van der Waals surface area (Å²) in [6.45, 7) is 2.27. The molecular formula is C12H19N3O. The molecular weight excluding hydrogens is 202 g/mol. The highest BCUT2D eigenvalue weighted by atomic mass is 16.5. The molecule has 16 heavy (non-hydrogen) atoms. The van der Waals surface area contributed by atoms with E-state index in [4.69, 9.17) is 10.5 Å². The van der Waals surface area contributed by atoms with Crippen LogP contribution in [0, 0.1) is 5.92 Å². The van der Waals surface area contributed by atoms with Gasteiger partial charge in [-0.25, -0.2) is 4.98 Å². The van der Waals surface area contributed by atoms with Crippen molar-refractivity contribution in [3.05, 3.63) is 18.1 Å². The Morgan fingerprint density at radius 1 is 1.31 bits per heavy atom. The molecule has 0 spiro atoms. The number of hydrogen-bond acceptors (Lipinski definition) is 4. The van der Waals surface area contributed by atoms with Gasteiger partial charge in [0.1, 0.15) is 5.69 Å². The summed E-state index contributed by atoms with van der Waals surface area (Å²) in [5.74, 6) is 1.33. The van der Waals surface area contributed by atoms with Crippen LogP contribution in [0.4, 0.5) is 0 Å². The molecule has 0 atom stereocenters. The van der Waals surface area contributed by atoms with E-state index in [2.05, 4.69) is 16.9 Å². The Hall–Kier alpha value is -1.16. The fourth-order valence-corrected chi connectivity index (χ4v) is 2.33. The number of aromatic nitrogens is 2. The fraction of sp³-hybridized carbons (Fsp3) is 0.667. The van der Waals surface area contributed by atoms with Gasteiger partial charge < -0.3 is 10.5 Å². The molecule has 4 nitrogen and oxygen atoms in total. The molecule has 0 saturated heterocycles. The zero-order chi connectivity index (χ0) is 11.6. The molecule has 0 radical (unpaired) electrons. The molecule has 1 aliphatic carbocycles. The van der Waals surface area contributed by atoms with Gasteiger partial charge in [-0.05, 0) is 31.6 Å². The predicted molar refractivity (Wildman–Crippen MR) is 62.1 cm³/mol. The summed E-state index contributed by atoms with van der Waals surface area (Å²) in [5, 5.41) is 0. The molecule has 1 heterocycles. The summed E-state index contributed by atoms with van der Waals surface area (Å²) in [4.78, 5) is 8.53. The Kier molecular flexibility index (Phi) is 3.10. The fourth-order valence-electron chi connectivity index (χ4n) is 2.33. The van der Waals surface area contributed by atoms with Crippen LogP contribution in [-0.4, -0.2) is 17.1 Å². The molecule has 1 aliphatic rings. The molecule has 2 N–H and O–H groups in total. The Labute approximate surface area is 96.2 Å². The summed E-state index contributed by atoms with van der Waals surface area (Å²) in [6, 6.07) is 0. The van der Waals surface area contributed by atoms with Crippen molar-refractivity contribution in [2.45, 2.75) is 38.1 Å². The van der Waals surface area contributed by atoms with E-state index in [-0.39, 0.29) is 5.54 Å². The van der Waals surface area contributed by atoms with Crippen LogP contribution in [-0.2, 0) is 5.54 Å². The largest absolute Gasteiger partial charge is 0.480 e. The molecule has 0 unspecified atom stereocenters. The Morgan fingerprint density at radius 2 is 1.94 bits per heavy atom. The lowest BCUT2D eigenvalue weighted by atomic mass is 9.76. The maximum Gasteiger partial charge on any atom is 0.237 e. The molecule has 1 aromatic heterocycles. The second-order valence-electron chi connectivity index (χ2n) is 4.75. The first-order valence-corrected chi connectivity index (χ1v) is 5.80. The van der Waals surface area contributed by atoms with Gasteiger partial charge in [-0.15, -0.1) is 0 Å². The molecule has 1 saturated carbocycles. The smallest absolute Gasteiger partial charge is 0.237 e. The van der Waals surface area contributed by atoms with Crippen molar-refractivity contribution in [2.75, 3.05) is 7.11 Å². The lowest BCUT2D eigenvalue weighted by Gasteiger charge is -2.35. The summed E-state index contributed by atoms with van der Waals surface area (Å²) in [7, 11) is 1.61. The zero-order valence-electron chi connectivity index (χ0n) is 9.94. The van der Waals surface area contributed by atoms with Crippen LogP contribution >= 0.6 is 0 Å². The highest BCUT2D eigenvalue weighted by Gasteiger charge is 2.35. The average Bonchev–Trinajstić information content (AvgIpc) is 2.33. The molecule has 1 fully saturated rings. The van der Waals surface area contributed by atoms with Gasteiger partial charge in [0.05, 0.1) is 12.6 Å². The van der Waals surface area contributed by atoms with Gasteiger partial charge in [0, 0.05) is 12.4 Å². The van der Waals surface area contributed by atoms with Crippen LogP contribution in [0.15, 0.2) is 12.4 Å². The summed E-state index contributed by atoms with van der Waals surface area (Å²) in [6.07, 6.45) is 7.54. The SMILES string of the molecule is COc1nccnc1C1(N)CCC(C)CC1. The van der Waals surface area contributed by atoms with Crippen molar-refractivity contribution < 1.29 is 4.74 Å². The first-order valence-electron chi connectivity index (χ1n) is 5.80. The molecule has 1 aromatic rings. The quantitative estimate of drug-likeness (QED) is 0.828. The van der Waals surface area contributed by atoms with E-state index in [1.54, 1.807) is 19.5 Å². The Morgan fingerprint density at radius 3 is 2.56 bits per heavy atom. The van der Waals surface area contributed by atoms with E-state index >= 15 is 0 Å². The Bertz CT molecular complexity index is 359. The maximum absolute atomic E-state index is 6.44. The van der Waals surface area contributed by atoms with E-state index in [1.165, 1.54) is 0 Å². The van der Waals surface area contributed by atoms with E-state index in [0.717, 1.165) is 37.3 Å². The average molecular weight is 221 g/mol. The standard InChI is InChI=1S/C12H19N3O/c1-9-3-5-12(13,6-4-9)10-11(16-2)15-8-7-14-10/h7-9H,3-6,13H2,1-2H3. The molecule has 0 bridgehead atoms. The number of hydrogen-bond donors (Lipinski definition) is 1. The van der Waals surface area contributed by atoms with Gasteiger partial charge in [0.2, 0.25) is 5.88 Å². The molecule has 2 rings (SSSR count). The first kappa shape index (κ1) is 11.3. The second-order valence-corrected chi connectivity index (χ2v) is 4.75. The summed E-state index contributed by atoms with van der Waals surface area (Å²) < 4.78 is 5.24. The number of rotatable bonds is 2. The lowest BCUT2D eigenvalue weighted by molar-refractivity contribution is 0.233. The van der Waals surface area contributed by atoms with Crippen molar-refractivity contribution in [3.63, 3.8) is 0 Å². The number of ether oxygens (including phenoxy) is 1. The molecule has 88 valence electrons. The van der Waals surface area contributed by atoms with Gasteiger partial charge in [0.25, 0.3) is 0 Å². The van der Waals surface area contributed by atoms with Crippen LogP contribution in [0.2, 0.25) is 0 Å². The second kappa shape index (κ2) is 4.37. The summed E-state index contributed by atoms with van der Waals surface area (Å²) in [5.41, 5.74) is 6.89. The van der Waals surface area contributed by atoms with Crippen molar-refractivity contribution in [2.24, 2.45) is 11.7 Å². The minimum absolute atomic E-state index is 0.355. The van der Waals surface area contributed by atoms with Gasteiger partial charge in [-0.1, -0.05) is 6.92 Å². The van der Waals surface area contributed by atoms with Gasteiger partial charge >= 0.3 is 0 Å². The van der Waals surface area contributed by atoms with Crippen LogP contribution in [0.1, 0.15) is 38.3 Å². The third-order valence-corrected chi connectivity index (χ3v) is 3.50. The minimum Gasteiger partial charge on any atom is -0.480 e. The molecule has 0 aliphatic heterocycles. The van der Waals surface area contributed by atoms with Crippen molar-refractivity contribution in [1.82, 2.24) is 9.97 Å². The van der Waals surface area contributed by atoms with E-state index in [9.17, 15) is 0 Å². The van der Waals surface area contributed by atoms with E-state index in [0.29, 0.717) is 5.88 Å². The van der Waals surface area contributed by atoms with Crippen molar-refractivity contribution >= 4 is 0 Å². The van der Waals surface area contributed by atoms with Crippen molar-refractivity contribution in [1.29, 1.82) is 0 Å². The van der Waals surface area contributed by atoms with E-state index < -0.39 is 0 Å². The number of nitrogens with two attached hydrogens (primary N) is 1. The lowest BCUT2D eigenvalue weighted by Crippen LogP contribution is -2.41. The van der Waals surface area contributed by atoms with Crippen LogP contribution in [0.5, 0.6) is 5.88 Å². The molecule has 0 aromatic carbocycles. The summed E-state index contributed by atoms with van der Waals surface area (Å²) >= 11 is 0. The highest BCUT2D eigenvalue weighted by Crippen LogP contribution is 2.38. The monoisotopic (exact) mass is 221 g/mol. The normalized spacial score (nSPS) is 30.1. The predicted octanol–water partition coefficient (Wildman–Crippen LogP) is 1.85. The van der Waals surface area contributed by atoms with Crippen LogP contribution in [0.25, 0.3) is 0 Å². The number of nitrogens with zero attached hydrogens (tertiary/aromatic N) is 2. The third kappa shape index (κ3) is 2.02. The van der Waals surface area contributed by atoms with Gasteiger partial charge in [-0.3, -0.25) is 4.98 Å². The van der Waals surface area contributed by atoms with Crippen molar-refractivity contribution in [3.8, 4) is 5.88 Å². The van der Waals surface area contributed by atoms with E-state index in [1.807, 2.05) is 0 Å². The van der Waals surface area contributed by atoms with Gasteiger partial charge in [-0.2, -0.15) is 0 Å². The topological polar surface area (TPSA) is 61.0 Å². The van der Waals surface area contributed by atoms with Gasteiger partial charge in [0.15, 0.2) is 0 Å². The third-order valence-electron chi connectivity index (χ3n) is 3.50. The zero-order valence-corrected chi connectivity index (χ0v) is 9.94.